The Hall–Kier alpha value is -1.55. The Kier molecular flexibility index (Phi) is 7.57. The topological polar surface area (TPSA) is 41.6 Å². The van der Waals surface area contributed by atoms with Crippen molar-refractivity contribution in [2.24, 2.45) is 0 Å². The number of hydrogen-bond acceptors (Lipinski definition) is 3. The molecule has 2 atom stereocenters. The number of ether oxygens (including phenoxy) is 1. The van der Waals surface area contributed by atoms with Gasteiger partial charge in [-0.1, -0.05) is 31.5 Å². The van der Waals surface area contributed by atoms with Gasteiger partial charge in [0.15, 0.2) is 6.10 Å². The van der Waals surface area contributed by atoms with Gasteiger partial charge in [-0.05, 0) is 57.7 Å². The summed E-state index contributed by atoms with van der Waals surface area (Å²) in [4.78, 5) is 14.8. The van der Waals surface area contributed by atoms with Crippen LogP contribution >= 0.6 is 0 Å². The average molecular weight is 332 g/mol. The van der Waals surface area contributed by atoms with Crippen LogP contribution in [0.2, 0.25) is 0 Å². The molecule has 0 aromatic heterocycles. The van der Waals surface area contributed by atoms with Gasteiger partial charge in [-0.25, -0.2) is 0 Å². The second-order valence-electron chi connectivity index (χ2n) is 6.76. The molecule has 1 heterocycles. The molecule has 4 nitrogen and oxygen atoms in total. The maximum Gasteiger partial charge on any atom is 0.260 e. The Labute approximate surface area is 146 Å². The minimum absolute atomic E-state index is 0.0380. The number of hydrogen-bond donors (Lipinski definition) is 1. The van der Waals surface area contributed by atoms with E-state index in [0.717, 1.165) is 30.3 Å². The summed E-state index contributed by atoms with van der Waals surface area (Å²) < 4.78 is 5.77. The first kappa shape index (κ1) is 18.8. The van der Waals surface area contributed by atoms with Crippen molar-refractivity contribution in [2.75, 3.05) is 19.6 Å². The molecule has 24 heavy (non-hydrogen) atoms. The molecular formula is C20H32N2O2. The van der Waals surface area contributed by atoms with E-state index in [1.165, 1.54) is 32.2 Å². The highest BCUT2D eigenvalue weighted by Gasteiger charge is 2.20. The van der Waals surface area contributed by atoms with Crippen LogP contribution in [0.5, 0.6) is 5.75 Å². The standard InChI is InChI=1S/C20H32N2O2/c1-4-18-11-7-8-14-22(18)15-9-13-21-20(23)17(3)24-19-12-6-5-10-16(19)2/h5-6,10,12,17-18H,4,7-9,11,13-15H2,1-3H3,(H,21,23)/t17-,18+/m1/s1. The molecule has 1 aliphatic heterocycles. The number of carbonyl (C=O) groups is 1. The first-order chi connectivity index (χ1) is 11.6. The lowest BCUT2D eigenvalue weighted by Gasteiger charge is -2.35. The Balaban J connectivity index is 1.68. The molecular weight excluding hydrogens is 300 g/mol. The Morgan fingerprint density at radius 1 is 1.38 bits per heavy atom. The van der Waals surface area contributed by atoms with E-state index in [1.54, 1.807) is 6.92 Å². The highest BCUT2D eigenvalue weighted by Crippen LogP contribution is 2.19. The second kappa shape index (κ2) is 9.67. The normalized spacial score (nSPS) is 19.7. The SMILES string of the molecule is CC[C@H]1CCCCN1CCCNC(=O)[C@@H](C)Oc1ccccc1C. The van der Waals surface area contributed by atoms with Crippen LogP contribution in [0.15, 0.2) is 24.3 Å². The van der Waals surface area contributed by atoms with Crippen molar-refractivity contribution in [3.05, 3.63) is 29.8 Å². The number of aryl methyl sites for hydroxylation is 1. The molecule has 0 bridgehead atoms. The van der Waals surface area contributed by atoms with E-state index in [-0.39, 0.29) is 5.91 Å². The highest BCUT2D eigenvalue weighted by molar-refractivity contribution is 5.80. The second-order valence-corrected chi connectivity index (χ2v) is 6.76. The van der Waals surface area contributed by atoms with Gasteiger partial charge >= 0.3 is 0 Å². The van der Waals surface area contributed by atoms with E-state index < -0.39 is 6.10 Å². The predicted molar refractivity (Wildman–Crippen MR) is 98.4 cm³/mol. The third-order valence-electron chi connectivity index (χ3n) is 4.91. The molecule has 2 rings (SSSR count). The summed E-state index contributed by atoms with van der Waals surface area (Å²) in [5.74, 6) is 0.739. The molecule has 1 saturated heterocycles. The van der Waals surface area contributed by atoms with Gasteiger partial charge in [0, 0.05) is 19.1 Å². The number of amides is 1. The molecule has 134 valence electrons. The van der Waals surface area contributed by atoms with Crippen molar-refractivity contribution in [1.29, 1.82) is 0 Å². The fourth-order valence-corrected chi connectivity index (χ4v) is 3.39. The van der Waals surface area contributed by atoms with Gasteiger partial charge in [0.1, 0.15) is 5.75 Å². The van der Waals surface area contributed by atoms with E-state index in [9.17, 15) is 4.79 Å². The van der Waals surface area contributed by atoms with Crippen LogP contribution in [-0.2, 0) is 4.79 Å². The number of rotatable bonds is 8. The van der Waals surface area contributed by atoms with Crippen molar-refractivity contribution in [3.8, 4) is 5.75 Å². The molecule has 4 heteroatoms. The van der Waals surface area contributed by atoms with Crippen LogP contribution in [-0.4, -0.2) is 42.6 Å². The third kappa shape index (κ3) is 5.52. The zero-order valence-corrected chi connectivity index (χ0v) is 15.4. The van der Waals surface area contributed by atoms with Gasteiger partial charge in [-0.2, -0.15) is 0 Å². The third-order valence-corrected chi connectivity index (χ3v) is 4.91. The van der Waals surface area contributed by atoms with E-state index in [1.807, 2.05) is 31.2 Å². The molecule has 1 aliphatic rings. The molecule has 0 aliphatic carbocycles. The van der Waals surface area contributed by atoms with Crippen LogP contribution in [0.4, 0.5) is 0 Å². The fraction of sp³-hybridized carbons (Fsp3) is 0.650. The largest absolute Gasteiger partial charge is 0.481 e. The van der Waals surface area contributed by atoms with Gasteiger partial charge in [0.2, 0.25) is 0 Å². The van der Waals surface area contributed by atoms with Gasteiger partial charge in [0.05, 0.1) is 0 Å². The molecule has 1 aromatic rings. The molecule has 0 radical (unpaired) electrons. The summed E-state index contributed by atoms with van der Waals surface area (Å²) in [5, 5.41) is 3.00. The Bertz CT molecular complexity index is 518. The molecule has 1 fully saturated rings. The van der Waals surface area contributed by atoms with Gasteiger partial charge in [-0.15, -0.1) is 0 Å². The van der Waals surface area contributed by atoms with Crippen molar-refractivity contribution in [2.45, 2.75) is 65.0 Å². The minimum Gasteiger partial charge on any atom is -0.481 e. The van der Waals surface area contributed by atoms with Crippen LogP contribution in [0.3, 0.4) is 0 Å². The van der Waals surface area contributed by atoms with E-state index >= 15 is 0 Å². The summed E-state index contributed by atoms with van der Waals surface area (Å²) in [6.07, 6.45) is 5.75. The molecule has 0 saturated carbocycles. The van der Waals surface area contributed by atoms with Gasteiger partial charge in [-0.3, -0.25) is 4.79 Å². The number of nitrogens with one attached hydrogen (secondary N) is 1. The average Bonchev–Trinajstić information content (AvgIpc) is 2.60. The summed E-state index contributed by atoms with van der Waals surface area (Å²) in [6.45, 7) is 9.07. The fourth-order valence-electron chi connectivity index (χ4n) is 3.39. The summed E-state index contributed by atoms with van der Waals surface area (Å²) in [5.41, 5.74) is 1.05. The predicted octanol–water partition coefficient (Wildman–Crippen LogP) is 3.53. The van der Waals surface area contributed by atoms with Crippen molar-refractivity contribution in [1.82, 2.24) is 10.2 Å². The van der Waals surface area contributed by atoms with E-state index in [0.29, 0.717) is 6.54 Å². The molecule has 1 amide bonds. The number of piperidine rings is 1. The molecule has 0 unspecified atom stereocenters. The Morgan fingerprint density at radius 3 is 2.92 bits per heavy atom. The number of likely N-dealkylation sites (tertiary alicyclic amines) is 1. The van der Waals surface area contributed by atoms with Crippen molar-refractivity contribution in [3.63, 3.8) is 0 Å². The first-order valence-corrected chi connectivity index (χ1v) is 9.36. The lowest BCUT2D eigenvalue weighted by Crippen LogP contribution is -2.41. The monoisotopic (exact) mass is 332 g/mol. The molecule has 1 N–H and O–H groups in total. The lowest BCUT2D eigenvalue weighted by atomic mass is 10.00. The van der Waals surface area contributed by atoms with Crippen LogP contribution in [0, 0.1) is 6.92 Å². The summed E-state index contributed by atoms with van der Waals surface area (Å²) >= 11 is 0. The number of para-hydroxylation sites is 1. The summed E-state index contributed by atoms with van der Waals surface area (Å²) in [6, 6.07) is 8.52. The van der Waals surface area contributed by atoms with Crippen molar-refractivity contribution < 1.29 is 9.53 Å². The highest BCUT2D eigenvalue weighted by atomic mass is 16.5. The minimum atomic E-state index is -0.468. The molecule has 1 aromatic carbocycles. The van der Waals surface area contributed by atoms with Crippen LogP contribution in [0.1, 0.15) is 51.5 Å². The first-order valence-electron chi connectivity index (χ1n) is 9.36. The number of carbonyl (C=O) groups excluding carboxylic acids is 1. The van der Waals surface area contributed by atoms with Crippen LogP contribution < -0.4 is 10.1 Å². The van der Waals surface area contributed by atoms with Crippen LogP contribution in [0.25, 0.3) is 0 Å². The zero-order chi connectivity index (χ0) is 17.4. The zero-order valence-electron chi connectivity index (χ0n) is 15.4. The van der Waals surface area contributed by atoms with E-state index in [4.69, 9.17) is 4.74 Å². The van der Waals surface area contributed by atoms with Gasteiger partial charge < -0.3 is 15.0 Å². The number of nitrogens with zero attached hydrogens (tertiary/aromatic N) is 1. The molecule has 0 spiro atoms. The maximum absolute atomic E-state index is 12.2. The summed E-state index contributed by atoms with van der Waals surface area (Å²) in [7, 11) is 0. The number of benzene rings is 1. The lowest BCUT2D eigenvalue weighted by molar-refractivity contribution is -0.127. The maximum atomic E-state index is 12.2. The smallest absolute Gasteiger partial charge is 0.260 e. The van der Waals surface area contributed by atoms with Gasteiger partial charge in [0.25, 0.3) is 5.91 Å². The van der Waals surface area contributed by atoms with E-state index in [2.05, 4.69) is 17.1 Å². The van der Waals surface area contributed by atoms with Crippen molar-refractivity contribution >= 4 is 5.91 Å². The Morgan fingerprint density at radius 2 is 2.17 bits per heavy atom. The quantitative estimate of drug-likeness (QED) is 0.741.